The van der Waals surface area contributed by atoms with Gasteiger partial charge in [0.15, 0.2) is 5.96 Å². The molecular weight excluding hydrogens is 302 g/mol. The van der Waals surface area contributed by atoms with Crippen molar-refractivity contribution in [3.63, 3.8) is 0 Å². The maximum atomic E-state index is 11.5. The highest BCUT2D eigenvalue weighted by Crippen LogP contribution is 2.16. The molecule has 0 amide bonds. The van der Waals surface area contributed by atoms with Crippen LogP contribution in [0.5, 0.6) is 0 Å². The van der Waals surface area contributed by atoms with Crippen molar-refractivity contribution in [2.24, 2.45) is 10.7 Å². The summed E-state index contributed by atoms with van der Waals surface area (Å²) in [5.74, 6) is 0.449. The standard InChI is InChI=1S/C14H31N5O2S/c1-4-18-10-6-8-13(18)12-17-14(15)16-9-7-11-19(5-2)22(3,20)21/h13H,4-12H2,1-3H3,(H3,15,16,17). The van der Waals surface area contributed by atoms with Gasteiger partial charge in [-0.15, -0.1) is 0 Å². The molecule has 1 unspecified atom stereocenters. The van der Waals surface area contributed by atoms with E-state index in [0.29, 0.717) is 38.1 Å². The number of sulfonamides is 1. The van der Waals surface area contributed by atoms with E-state index in [1.165, 1.54) is 23.4 Å². The van der Waals surface area contributed by atoms with Gasteiger partial charge >= 0.3 is 0 Å². The maximum Gasteiger partial charge on any atom is 0.211 e. The smallest absolute Gasteiger partial charge is 0.211 e. The molecule has 1 heterocycles. The van der Waals surface area contributed by atoms with Crippen molar-refractivity contribution in [3.8, 4) is 0 Å². The Labute approximate surface area is 135 Å². The highest BCUT2D eigenvalue weighted by Gasteiger charge is 2.22. The number of hydrogen-bond acceptors (Lipinski definition) is 4. The molecule has 0 aromatic carbocycles. The van der Waals surface area contributed by atoms with E-state index in [2.05, 4.69) is 22.1 Å². The van der Waals surface area contributed by atoms with Crippen LogP contribution in [0.25, 0.3) is 0 Å². The van der Waals surface area contributed by atoms with Crippen molar-refractivity contribution in [1.82, 2.24) is 14.5 Å². The van der Waals surface area contributed by atoms with Crippen LogP contribution in [0.15, 0.2) is 4.99 Å². The Kier molecular flexibility index (Phi) is 8.13. The highest BCUT2D eigenvalue weighted by atomic mass is 32.2. The molecule has 130 valence electrons. The molecule has 3 N–H and O–H groups in total. The first kappa shape index (κ1) is 19.2. The largest absolute Gasteiger partial charge is 0.370 e. The van der Waals surface area contributed by atoms with E-state index in [4.69, 9.17) is 5.73 Å². The Morgan fingerprint density at radius 3 is 2.77 bits per heavy atom. The second-order valence-electron chi connectivity index (χ2n) is 5.69. The molecule has 1 saturated heterocycles. The van der Waals surface area contributed by atoms with Gasteiger partial charge in [0.05, 0.1) is 12.8 Å². The molecule has 0 saturated carbocycles. The Balaban J connectivity index is 2.25. The molecule has 0 aliphatic carbocycles. The Hall–Kier alpha value is -0.860. The summed E-state index contributed by atoms with van der Waals surface area (Å²) < 4.78 is 24.4. The fraction of sp³-hybridized carbons (Fsp3) is 0.929. The van der Waals surface area contributed by atoms with Crippen LogP contribution >= 0.6 is 0 Å². The van der Waals surface area contributed by atoms with E-state index in [0.717, 1.165) is 19.6 Å². The lowest BCUT2D eigenvalue weighted by Crippen LogP contribution is -2.37. The number of nitrogens with two attached hydrogens (primary N) is 1. The third kappa shape index (κ3) is 6.50. The molecule has 1 atom stereocenters. The average molecular weight is 334 g/mol. The van der Waals surface area contributed by atoms with Crippen molar-refractivity contribution in [2.75, 3.05) is 45.5 Å². The first-order valence-corrected chi connectivity index (χ1v) is 9.96. The van der Waals surface area contributed by atoms with E-state index < -0.39 is 10.0 Å². The van der Waals surface area contributed by atoms with Crippen LogP contribution in [0.1, 0.15) is 33.1 Å². The zero-order valence-electron chi connectivity index (χ0n) is 14.1. The number of likely N-dealkylation sites (N-methyl/N-ethyl adjacent to an activating group) is 1. The lowest BCUT2D eigenvalue weighted by molar-refractivity contribution is 0.273. The van der Waals surface area contributed by atoms with Gasteiger partial charge in [-0.1, -0.05) is 13.8 Å². The molecule has 0 spiro atoms. The minimum absolute atomic E-state index is 0.449. The summed E-state index contributed by atoms with van der Waals surface area (Å²) in [6.45, 7) is 8.59. The number of aliphatic imine (C=N–C) groups is 1. The van der Waals surface area contributed by atoms with Crippen LogP contribution in [0.3, 0.4) is 0 Å². The molecule has 1 fully saturated rings. The first-order chi connectivity index (χ1) is 10.4. The minimum atomic E-state index is -3.11. The Bertz CT molecular complexity index is 452. The third-order valence-electron chi connectivity index (χ3n) is 4.09. The van der Waals surface area contributed by atoms with Gasteiger partial charge in [0.2, 0.25) is 10.0 Å². The molecule has 0 radical (unpaired) electrons. The van der Waals surface area contributed by atoms with Gasteiger partial charge in [0.1, 0.15) is 0 Å². The first-order valence-electron chi connectivity index (χ1n) is 8.11. The summed E-state index contributed by atoms with van der Waals surface area (Å²) >= 11 is 0. The zero-order chi connectivity index (χ0) is 16.6. The molecule has 0 aromatic rings. The molecule has 22 heavy (non-hydrogen) atoms. The Morgan fingerprint density at radius 2 is 2.18 bits per heavy atom. The van der Waals surface area contributed by atoms with Crippen molar-refractivity contribution in [3.05, 3.63) is 0 Å². The number of nitrogens with zero attached hydrogens (tertiary/aromatic N) is 3. The van der Waals surface area contributed by atoms with Gasteiger partial charge in [-0.25, -0.2) is 12.7 Å². The van der Waals surface area contributed by atoms with Gasteiger partial charge in [-0.2, -0.15) is 0 Å². The maximum absolute atomic E-state index is 11.5. The third-order valence-corrected chi connectivity index (χ3v) is 5.47. The number of likely N-dealkylation sites (tertiary alicyclic amines) is 1. The van der Waals surface area contributed by atoms with Crippen LogP contribution < -0.4 is 11.1 Å². The molecule has 1 aliphatic rings. The summed E-state index contributed by atoms with van der Waals surface area (Å²) in [7, 11) is -3.11. The van der Waals surface area contributed by atoms with E-state index >= 15 is 0 Å². The number of guanidine groups is 1. The molecule has 1 aliphatic heterocycles. The van der Waals surface area contributed by atoms with Crippen LogP contribution in [0.4, 0.5) is 0 Å². The van der Waals surface area contributed by atoms with Crippen molar-refractivity contribution in [2.45, 2.75) is 39.2 Å². The van der Waals surface area contributed by atoms with Gasteiger partial charge in [-0.3, -0.25) is 9.89 Å². The quantitative estimate of drug-likeness (QED) is 0.353. The van der Waals surface area contributed by atoms with E-state index in [1.54, 1.807) is 0 Å². The number of rotatable bonds is 9. The van der Waals surface area contributed by atoms with Crippen LogP contribution in [-0.2, 0) is 10.0 Å². The predicted octanol–water partition coefficient (Wildman–Crippen LogP) is 0.0466. The van der Waals surface area contributed by atoms with E-state index in [9.17, 15) is 8.42 Å². The topological polar surface area (TPSA) is 91.0 Å². The molecule has 7 nitrogen and oxygen atoms in total. The fourth-order valence-electron chi connectivity index (χ4n) is 2.81. The summed E-state index contributed by atoms with van der Waals surface area (Å²) in [6.07, 6.45) is 4.37. The van der Waals surface area contributed by atoms with Crippen molar-refractivity contribution < 1.29 is 8.42 Å². The molecular formula is C14H31N5O2S. The SMILES string of the molecule is CCN1CCCC1CN=C(N)NCCCN(CC)S(C)(=O)=O. The minimum Gasteiger partial charge on any atom is -0.370 e. The van der Waals surface area contributed by atoms with Gasteiger partial charge < -0.3 is 11.1 Å². The second kappa shape index (κ2) is 9.32. The van der Waals surface area contributed by atoms with Gasteiger partial charge in [-0.05, 0) is 32.4 Å². The van der Waals surface area contributed by atoms with Crippen molar-refractivity contribution >= 4 is 16.0 Å². The van der Waals surface area contributed by atoms with E-state index in [-0.39, 0.29) is 0 Å². The van der Waals surface area contributed by atoms with Gasteiger partial charge in [0.25, 0.3) is 0 Å². The molecule has 8 heteroatoms. The lowest BCUT2D eigenvalue weighted by Gasteiger charge is -2.21. The van der Waals surface area contributed by atoms with Crippen molar-refractivity contribution in [1.29, 1.82) is 0 Å². The lowest BCUT2D eigenvalue weighted by atomic mass is 10.2. The summed E-state index contributed by atoms with van der Waals surface area (Å²) in [4.78, 5) is 6.83. The summed E-state index contributed by atoms with van der Waals surface area (Å²) in [6, 6.07) is 0.506. The summed E-state index contributed by atoms with van der Waals surface area (Å²) in [5, 5.41) is 3.06. The normalized spacial score (nSPS) is 20.7. The number of nitrogens with one attached hydrogen (secondary N) is 1. The Morgan fingerprint density at radius 1 is 1.45 bits per heavy atom. The average Bonchev–Trinajstić information content (AvgIpc) is 2.91. The van der Waals surface area contributed by atoms with E-state index in [1.807, 2.05) is 6.92 Å². The van der Waals surface area contributed by atoms with Crippen LogP contribution in [0, 0.1) is 0 Å². The summed E-state index contributed by atoms with van der Waals surface area (Å²) in [5.41, 5.74) is 5.86. The molecule has 1 rings (SSSR count). The van der Waals surface area contributed by atoms with Crippen LogP contribution in [-0.4, -0.2) is 75.1 Å². The second-order valence-corrected chi connectivity index (χ2v) is 7.67. The highest BCUT2D eigenvalue weighted by molar-refractivity contribution is 7.88. The molecule has 0 bridgehead atoms. The predicted molar refractivity (Wildman–Crippen MR) is 91.5 cm³/mol. The van der Waals surface area contributed by atoms with Gasteiger partial charge in [0, 0.05) is 25.7 Å². The number of hydrogen-bond donors (Lipinski definition) is 2. The zero-order valence-corrected chi connectivity index (χ0v) is 14.9. The van der Waals surface area contributed by atoms with Crippen LogP contribution in [0.2, 0.25) is 0 Å². The fourth-order valence-corrected chi connectivity index (χ4v) is 3.74. The molecule has 0 aromatic heterocycles. The monoisotopic (exact) mass is 333 g/mol.